The number of nitrogens with zero attached hydrogens (tertiary/aromatic N) is 1. The van der Waals surface area contributed by atoms with Gasteiger partial charge in [-0.1, -0.05) is 0 Å². The fraction of sp³-hybridized carbons (Fsp3) is 0.706. The Balaban J connectivity index is 1.65. The maximum atomic E-state index is 11.8. The zero-order valence-electron chi connectivity index (χ0n) is 14.4. The van der Waals surface area contributed by atoms with Crippen LogP contribution in [0.4, 0.5) is 4.79 Å². The van der Waals surface area contributed by atoms with Crippen molar-refractivity contribution >= 4 is 6.03 Å². The first-order valence-electron chi connectivity index (χ1n) is 8.36. The topological polar surface area (TPSA) is 77.7 Å². The summed E-state index contributed by atoms with van der Waals surface area (Å²) in [5.41, 5.74) is -1.21. The molecule has 2 amide bonds. The number of hydrogen-bond acceptors (Lipinski definition) is 4. The highest BCUT2D eigenvalue weighted by molar-refractivity contribution is 5.73. The molecule has 0 aliphatic carbocycles. The van der Waals surface area contributed by atoms with Gasteiger partial charge in [-0.3, -0.25) is 0 Å². The first kappa shape index (κ1) is 17.8. The minimum atomic E-state index is -1.21. The molecular formula is C17H29N3O3. The van der Waals surface area contributed by atoms with Gasteiger partial charge in [0.1, 0.15) is 17.1 Å². The number of urea groups is 1. The molecule has 1 aromatic heterocycles. The molecule has 2 heterocycles. The van der Waals surface area contributed by atoms with Crippen molar-refractivity contribution in [3.8, 4) is 0 Å². The van der Waals surface area contributed by atoms with Crippen LogP contribution in [0.5, 0.6) is 0 Å². The van der Waals surface area contributed by atoms with Gasteiger partial charge >= 0.3 is 6.03 Å². The van der Waals surface area contributed by atoms with Crippen LogP contribution in [0.2, 0.25) is 0 Å². The third kappa shape index (κ3) is 5.55. The molecule has 1 atom stereocenters. The van der Waals surface area contributed by atoms with E-state index in [2.05, 4.69) is 22.6 Å². The summed E-state index contributed by atoms with van der Waals surface area (Å²) < 4.78 is 5.42. The van der Waals surface area contributed by atoms with E-state index in [0.717, 1.165) is 25.3 Å². The van der Waals surface area contributed by atoms with Gasteiger partial charge in [0.15, 0.2) is 0 Å². The molecule has 0 spiro atoms. The highest BCUT2D eigenvalue weighted by Crippen LogP contribution is 2.22. The summed E-state index contributed by atoms with van der Waals surface area (Å²) in [5, 5.41) is 15.9. The fourth-order valence-electron chi connectivity index (χ4n) is 2.87. The Morgan fingerprint density at radius 2 is 2.09 bits per heavy atom. The maximum Gasteiger partial charge on any atom is 0.314 e. The molecule has 1 saturated heterocycles. The van der Waals surface area contributed by atoms with Crippen molar-refractivity contribution in [3.05, 3.63) is 23.7 Å². The van der Waals surface area contributed by atoms with Crippen LogP contribution in [0, 0.1) is 12.8 Å². The number of likely N-dealkylation sites (tertiary alicyclic amines) is 1. The van der Waals surface area contributed by atoms with Gasteiger partial charge in [0.05, 0.1) is 6.54 Å². The Hall–Kier alpha value is -1.53. The summed E-state index contributed by atoms with van der Waals surface area (Å²) in [7, 11) is 2.15. The average molecular weight is 323 g/mol. The lowest BCUT2D eigenvalue weighted by molar-refractivity contribution is 0.0359. The lowest BCUT2D eigenvalue weighted by atomic mass is 9.94. The lowest BCUT2D eigenvalue weighted by Gasteiger charge is -2.29. The van der Waals surface area contributed by atoms with Crippen LogP contribution < -0.4 is 10.6 Å². The normalized spacial score (nSPS) is 19.3. The van der Waals surface area contributed by atoms with Gasteiger partial charge in [0.2, 0.25) is 0 Å². The molecule has 1 aliphatic rings. The largest absolute Gasteiger partial charge is 0.463 e. The van der Waals surface area contributed by atoms with Crippen LogP contribution in [0.15, 0.2) is 16.5 Å². The molecule has 6 nitrogen and oxygen atoms in total. The van der Waals surface area contributed by atoms with E-state index in [4.69, 9.17) is 4.42 Å². The molecule has 1 aliphatic heterocycles. The standard InChI is InChI=1S/C17H29N3O3/c1-13-4-5-15(23-13)17(2,22)12-19-16(21)18-9-6-14-7-10-20(3)11-8-14/h4-5,14,22H,6-12H2,1-3H3,(H2,18,19,21). The van der Waals surface area contributed by atoms with Crippen molar-refractivity contribution in [2.75, 3.05) is 33.2 Å². The fourth-order valence-corrected chi connectivity index (χ4v) is 2.87. The number of aryl methyl sites for hydroxylation is 1. The number of aliphatic hydroxyl groups is 1. The van der Waals surface area contributed by atoms with E-state index in [1.165, 1.54) is 12.8 Å². The molecule has 0 saturated carbocycles. The Morgan fingerprint density at radius 3 is 2.70 bits per heavy atom. The second-order valence-corrected chi connectivity index (χ2v) is 6.83. The van der Waals surface area contributed by atoms with E-state index < -0.39 is 5.60 Å². The predicted octanol–water partition coefficient (Wildman–Crippen LogP) is 1.83. The molecule has 1 unspecified atom stereocenters. The van der Waals surface area contributed by atoms with Gasteiger partial charge in [-0.05, 0) is 71.3 Å². The Kier molecular flexibility index (Phi) is 6.07. The first-order valence-corrected chi connectivity index (χ1v) is 8.36. The van der Waals surface area contributed by atoms with Gasteiger partial charge in [0, 0.05) is 6.54 Å². The minimum Gasteiger partial charge on any atom is -0.463 e. The van der Waals surface area contributed by atoms with Crippen LogP contribution in [-0.2, 0) is 5.60 Å². The summed E-state index contributed by atoms with van der Waals surface area (Å²) in [6.45, 7) is 6.51. The van der Waals surface area contributed by atoms with Gasteiger partial charge in [-0.25, -0.2) is 4.79 Å². The highest BCUT2D eigenvalue weighted by atomic mass is 16.4. The van der Waals surface area contributed by atoms with Crippen LogP contribution in [0.1, 0.15) is 37.7 Å². The monoisotopic (exact) mass is 323 g/mol. The number of rotatable bonds is 6. The van der Waals surface area contributed by atoms with E-state index in [-0.39, 0.29) is 12.6 Å². The number of carbonyl (C=O) groups is 1. The van der Waals surface area contributed by atoms with Gasteiger partial charge in [-0.15, -0.1) is 0 Å². The third-order valence-corrected chi connectivity index (χ3v) is 4.54. The molecular weight excluding hydrogens is 294 g/mol. The Morgan fingerprint density at radius 1 is 1.39 bits per heavy atom. The van der Waals surface area contributed by atoms with Crippen molar-refractivity contribution in [1.29, 1.82) is 0 Å². The smallest absolute Gasteiger partial charge is 0.314 e. The number of amides is 2. The SMILES string of the molecule is Cc1ccc(C(C)(O)CNC(=O)NCCC2CCN(C)CC2)o1. The molecule has 2 rings (SSSR count). The summed E-state index contributed by atoms with van der Waals surface area (Å²) >= 11 is 0. The number of piperidine rings is 1. The van der Waals surface area contributed by atoms with E-state index in [1.807, 2.05) is 6.92 Å². The Bertz CT molecular complexity index is 505. The van der Waals surface area contributed by atoms with E-state index in [0.29, 0.717) is 18.2 Å². The van der Waals surface area contributed by atoms with Crippen LogP contribution in [-0.4, -0.2) is 49.3 Å². The number of hydrogen-bond donors (Lipinski definition) is 3. The quantitative estimate of drug-likeness (QED) is 0.746. The lowest BCUT2D eigenvalue weighted by Crippen LogP contribution is -2.44. The molecule has 6 heteroatoms. The zero-order valence-corrected chi connectivity index (χ0v) is 14.4. The Labute approximate surface area is 138 Å². The van der Waals surface area contributed by atoms with Crippen molar-refractivity contribution in [2.45, 2.75) is 38.7 Å². The molecule has 0 aromatic carbocycles. The van der Waals surface area contributed by atoms with Gasteiger partial charge in [0.25, 0.3) is 0 Å². The van der Waals surface area contributed by atoms with E-state index >= 15 is 0 Å². The third-order valence-electron chi connectivity index (χ3n) is 4.54. The number of nitrogens with one attached hydrogen (secondary N) is 2. The predicted molar refractivity (Wildman–Crippen MR) is 89.3 cm³/mol. The number of carbonyl (C=O) groups excluding carboxylic acids is 1. The summed E-state index contributed by atoms with van der Waals surface area (Å²) in [6.07, 6.45) is 3.41. The van der Waals surface area contributed by atoms with Gasteiger partial charge < -0.3 is 25.1 Å². The van der Waals surface area contributed by atoms with Gasteiger partial charge in [-0.2, -0.15) is 0 Å². The summed E-state index contributed by atoms with van der Waals surface area (Å²) in [4.78, 5) is 14.2. The highest BCUT2D eigenvalue weighted by Gasteiger charge is 2.27. The van der Waals surface area contributed by atoms with Crippen molar-refractivity contribution in [3.63, 3.8) is 0 Å². The van der Waals surface area contributed by atoms with Crippen LogP contribution >= 0.6 is 0 Å². The summed E-state index contributed by atoms with van der Waals surface area (Å²) in [6, 6.07) is 3.28. The minimum absolute atomic E-state index is 0.111. The molecule has 130 valence electrons. The van der Waals surface area contributed by atoms with Crippen molar-refractivity contribution in [2.24, 2.45) is 5.92 Å². The van der Waals surface area contributed by atoms with Crippen molar-refractivity contribution < 1.29 is 14.3 Å². The second-order valence-electron chi connectivity index (χ2n) is 6.83. The summed E-state index contributed by atoms with van der Waals surface area (Å²) in [5.74, 6) is 1.89. The zero-order chi connectivity index (χ0) is 16.9. The molecule has 23 heavy (non-hydrogen) atoms. The van der Waals surface area contributed by atoms with Crippen LogP contribution in [0.3, 0.4) is 0 Å². The van der Waals surface area contributed by atoms with Crippen molar-refractivity contribution in [1.82, 2.24) is 15.5 Å². The molecule has 1 aromatic rings. The molecule has 3 N–H and O–H groups in total. The number of furan rings is 1. The van der Waals surface area contributed by atoms with Crippen LogP contribution in [0.25, 0.3) is 0 Å². The van der Waals surface area contributed by atoms with E-state index in [9.17, 15) is 9.90 Å². The second kappa shape index (κ2) is 7.84. The van der Waals surface area contributed by atoms with E-state index in [1.54, 1.807) is 19.1 Å². The average Bonchev–Trinajstić information content (AvgIpc) is 2.95. The molecule has 0 radical (unpaired) electrons. The molecule has 1 fully saturated rings. The maximum absolute atomic E-state index is 11.8. The first-order chi connectivity index (χ1) is 10.9. The molecule has 0 bridgehead atoms.